The maximum absolute atomic E-state index is 12.2. The lowest BCUT2D eigenvalue weighted by atomic mass is 9.91. The van der Waals surface area contributed by atoms with Crippen molar-refractivity contribution in [3.8, 4) is 17.2 Å². The number of rotatable bonds is 8. The fourth-order valence-corrected chi connectivity index (χ4v) is 3.45. The third-order valence-electron chi connectivity index (χ3n) is 4.79. The average molecular weight is 383 g/mol. The summed E-state index contributed by atoms with van der Waals surface area (Å²) >= 11 is 0. The van der Waals surface area contributed by atoms with Gasteiger partial charge in [0.15, 0.2) is 18.1 Å². The van der Waals surface area contributed by atoms with Crippen molar-refractivity contribution < 1.29 is 19.0 Å². The van der Waals surface area contributed by atoms with Gasteiger partial charge in [-0.3, -0.25) is 4.79 Å². The largest absolute Gasteiger partial charge is 0.493 e. The number of amides is 1. The van der Waals surface area contributed by atoms with Gasteiger partial charge in [-0.05, 0) is 74.4 Å². The molecule has 3 rings (SSSR count). The molecule has 2 aromatic rings. The molecule has 1 aliphatic rings. The minimum absolute atomic E-state index is 0.0160. The number of hydrogen-bond acceptors (Lipinski definition) is 4. The van der Waals surface area contributed by atoms with Gasteiger partial charge in [-0.2, -0.15) is 0 Å². The Kier molecular flexibility index (Phi) is 6.80. The van der Waals surface area contributed by atoms with Gasteiger partial charge in [0.25, 0.3) is 5.91 Å². The molecule has 0 fully saturated rings. The van der Waals surface area contributed by atoms with E-state index in [0.717, 1.165) is 24.2 Å². The zero-order valence-electron chi connectivity index (χ0n) is 16.9. The highest BCUT2D eigenvalue weighted by Gasteiger charge is 2.15. The lowest BCUT2D eigenvalue weighted by Crippen LogP contribution is -2.28. The third-order valence-corrected chi connectivity index (χ3v) is 4.79. The van der Waals surface area contributed by atoms with Crippen LogP contribution in [-0.4, -0.2) is 25.7 Å². The first-order chi connectivity index (χ1) is 13.6. The van der Waals surface area contributed by atoms with Gasteiger partial charge < -0.3 is 19.5 Å². The summed E-state index contributed by atoms with van der Waals surface area (Å²) < 4.78 is 16.9. The Morgan fingerprint density at radius 3 is 2.68 bits per heavy atom. The molecule has 0 saturated heterocycles. The molecule has 28 heavy (non-hydrogen) atoms. The second-order valence-electron chi connectivity index (χ2n) is 7.32. The molecule has 5 heteroatoms. The Morgan fingerprint density at radius 2 is 1.89 bits per heavy atom. The smallest absolute Gasteiger partial charge is 0.258 e. The molecule has 150 valence electrons. The number of methoxy groups -OCH3 is 1. The van der Waals surface area contributed by atoms with Crippen molar-refractivity contribution >= 4 is 5.91 Å². The summed E-state index contributed by atoms with van der Waals surface area (Å²) in [4.78, 5) is 12.2. The number of hydrogen-bond donors (Lipinski definition) is 1. The van der Waals surface area contributed by atoms with E-state index in [1.807, 2.05) is 44.2 Å². The Balaban J connectivity index is 1.53. The number of ether oxygens (including phenoxy) is 3. The molecule has 0 aliphatic heterocycles. The first kappa shape index (κ1) is 20.1. The van der Waals surface area contributed by atoms with E-state index < -0.39 is 0 Å². The second kappa shape index (κ2) is 9.49. The Morgan fingerprint density at radius 1 is 1.07 bits per heavy atom. The van der Waals surface area contributed by atoms with Crippen molar-refractivity contribution in [2.75, 3.05) is 13.7 Å². The molecule has 2 aromatic carbocycles. The summed E-state index contributed by atoms with van der Waals surface area (Å²) in [6, 6.07) is 11.8. The number of carbonyl (C=O) groups is 1. The Bertz CT molecular complexity index is 816. The fourth-order valence-electron chi connectivity index (χ4n) is 3.45. The SMILES string of the molecule is COc1cc(CNC(=O)COc2cccc3c2CCCC3)ccc1OC(C)C. The minimum Gasteiger partial charge on any atom is -0.493 e. The van der Waals surface area contributed by atoms with Crippen LogP contribution in [0.3, 0.4) is 0 Å². The molecule has 0 unspecified atom stereocenters. The van der Waals surface area contributed by atoms with Crippen LogP contribution in [0.15, 0.2) is 36.4 Å². The number of carbonyl (C=O) groups excluding carboxylic acids is 1. The van der Waals surface area contributed by atoms with Crippen LogP contribution in [0.2, 0.25) is 0 Å². The van der Waals surface area contributed by atoms with Crippen molar-refractivity contribution in [2.45, 2.75) is 52.2 Å². The van der Waals surface area contributed by atoms with E-state index in [9.17, 15) is 4.79 Å². The average Bonchev–Trinajstić information content (AvgIpc) is 2.71. The van der Waals surface area contributed by atoms with Gasteiger partial charge >= 0.3 is 0 Å². The van der Waals surface area contributed by atoms with E-state index in [-0.39, 0.29) is 18.6 Å². The molecule has 1 aliphatic carbocycles. The molecular weight excluding hydrogens is 354 g/mol. The summed E-state index contributed by atoms with van der Waals surface area (Å²) in [7, 11) is 1.61. The van der Waals surface area contributed by atoms with Gasteiger partial charge in [0.05, 0.1) is 13.2 Å². The van der Waals surface area contributed by atoms with Crippen LogP contribution in [0.4, 0.5) is 0 Å². The van der Waals surface area contributed by atoms with Crippen LogP contribution in [-0.2, 0) is 24.2 Å². The molecule has 0 heterocycles. The third kappa shape index (κ3) is 5.18. The fraction of sp³-hybridized carbons (Fsp3) is 0.435. The summed E-state index contributed by atoms with van der Waals surface area (Å²) in [5, 5.41) is 2.90. The van der Waals surface area contributed by atoms with Gasteiger partial charge in [-0.15, -0.1) is 0 Å². The molecule has 0 bridgehead atoms. The molecule has 0 radical (unpaired) electrons. The van der Waals surface area contributed by atoms with E-state index in [1.165, 1.54) is 24.0 Å². The molecule has 1 N–H and O–H groups in total. The van der Waals surface area contributed by atoms with Gasteiger partial charge in [0, 0.05) is 6.54 Å². The van der Waals surface area contributed by atoms with Gasteiger partial charge in [-0.25, -0.2) is 0 Å². The Labute approximate surface area is 167 Å². The zero-order valence-corrected chi connectivity index (χ0v) is 16.9. The number of aryl methyl sites for hydroxylation is 1. The summed E-state index contributed by atoms with van der Waals surface area (Å²) in [5.41, 5.74) is 3.55. The van der Waals surface area contributed by atoms with Crippen LogP contribution < -0.4 is 19.5 Å². The summed E-state index contributed by atoms with van der Waals surface area (Å²) in [6.07, 6.45) is 4.59. The molecule has 1 amide bonds. The number of nitrogens with one attached hydrogen (secondary N) is 1. The van der Waals surface area contributed by atoms with E-state index >= 15 is 0 Å². The first-order valence-corrected chi connectivity index (χ1v) is 9.90. The minimum atomic E-state index is -0.144. The molecular formula is C23H29NO4. The van der Waals surface area contributed by atoms with Crippen LogP contribution in [0.5, 0.6) is 17.2 Å². The quantitative estimate of drug-likeness (QED) is 0.747. The van der Waals surface area contributed by atoms with E-state index in [4.69, 9.17) is 14.2 Å². The lowest BCUT2D eigenvalue weighted by molar-refractivity contribution is -0.123. The van der Waals surface area contributed by atoms with Crippen molar-refractivity contribution in [3.05, 3.63) is 53.1 Å². The predicted octanol–water partition coefficient (Wildman–Crippen LogP) is 4.06. The van der Waals surface area contributed by atoms with Gasteiger partial charge in [-0.1, -0.05) is 18.2 Å². The van der Waals surface area contributed by atoms with Crippen molar-refractivity contribution in [2.24, 2.45) is 0 Å². The summed E-state index contributed by atoms with van der Waals surface area (Å²) in [5.74, 6) is 2.05. The normalized spacial score (nSPS) is 13.0. The maximum Gasteiger partial charge on any atom is 0.258 e. The van der Waals surface area contributed by atoms with E-state index in [0.29, 0.717) is 18.0 Å². The highest BCUT2D eigenvalue weighted by atomic mass is 16.5. The molecule has 0 aromatic heterocycles. The monoisotopic (exact) mass is 383 g/mol. The van der Waals surface area contributed by atoms with Crippen LogP contribution >= 0.6 is 0 Å². The van der Waals surface area contributed by atoms with Crippen molar-refractivity contribution in [1.82, 2.24) is 5.32 Å². The van der Waals surface area contributed by atoms with Crippen LogP contribution in [0.1, 0.15) is 43.4 Å². The van der Waals surface area contributed by atoms with Gasteiger partial charge in [0.2, 0.25) is 0 Å². The van der Waals surface area contributed by atoms with E-state index in [1.54, 1.807) is 7.11 Å². The second-order valence-corrected chi connectivity index (χ2v) is 7.32. The molecule has 5 nitrogen and oxygen atoms in total. The standard InChI is InChI=1S/C23H29NO4/c1-16(2)28-21-12-11-17(13-22(21)26-3)14-24-23(25)15-27-20-10-6-8-18-7-4-5-9-19(18)20/h6,8,10-13,16H,4-5,7,9,14-15H2,1-3H3,(H,24,25). The molecule has 0 atom stereocenters. The highest BCUT2D eigenvalue weighted by molar-refractivity contribution is 5.77. The predicted molar refractivity (Wildman–Crippen MR) is 109 cm³/mol. The maximum atomic E-state index is 12.2. The molecule has 0 spiro atoms. The van der Waals surface area contributed by atoms with Crippen molar-refractivity contribution in [3.63, 3.8) is 0 Å². The van der Waals surface area contributed by atoms with Gasteiger partial charge in [0.1, 0.15) is 5.75 Å². The Hall–Kier alpha value is -2.69. The highest BCUT2D eigenvalue weighted by Crippen LogP contribution is 2.30. The van der Waals surface area contributed by atoms with Crippen molar-refractivity contribution in [1.29, 1.82) is 0 Å². The van der Waals surface area contributed by atoms with Crippen LogP contribution in [0.25, 0.3) is 0 Å². The van der Waals surface area contributed by atoms with Crippen LogP contribution in [0, 0.1) is 0 Å². The zero-order chi connectivity index (χ0) is 19.9. The first-order valence-electron chi connectivity index (χ1n) is 9.90. The van der Waals surface area contributed by atoms with E-state index in [2.05, 4.69) is 11.4 Å². The molecule has 0 saturated carbocycles. The number of benzene rings is 2. The lowest BCUT2D eigenvalue weighted by Gasteiger charge is -2.19. The number of fused-ring (bicyclic) bond motifs is 1. The topological polar surface area (TPSA) is 56.8 Å². The summed E-state index contributed by atoms with van der Waals surface area (Å²) in [6.45, 7) is 4.37.